The molecule has 0 atom stereocenters. The molecule has 0 amide bonds. The summed E-state index contributed by atoms with van der Waals surface area (Å²) < 4.78 is 26.4. The van der Waals surface area contributed by atoms with E-state index in [1.807, 2.05) is 0 Å². The first-order valence-electron chi connectivity index (χ1n) is 4.99. The summed E-state index contributed by atoms with van der Waals surface area (Å²) in [6, 6.07) is 6.86. The van der Waals surface area contributed by atoms with Gasteiger partial charge in [0, 0.05) is 0 Å². The molecule has 1 aromatic carbocycles. The van der Waals surface area contributed by atoms with Crippen molar-refractivity contribution in [2.75, 3.05) is 4.72 Å². The van der Waals surface area contributed by atoms with Crippen LogP contribution in [-0.2, 0) is 10.0 Å². The largest absolute Gasteiger partial charge is 0.478 e. The van der Waals surface area contributed by atoms with Crippen LogP contribution >= 0.6 is 22.9 Å². The van der Waals surface area contributed by atoms with Crippen LogP contribution in [0.25, 0.3) is 0 Å². The number of aromatic carboxylic acids is 1. The molecular weight excluding hydrogens is 310 g/mol. The Morgan fingerprint density at radius 2 is 2.05 bits per heavy atom. The van der Waals surface area contributed by atoms with Crippen LogP contribution in [0.3, 0.4) is 0 Å². The summed E-state index contributed by atoms with van der Waals surface area (Å²) in [6.45, 7) is 0. The first-order chi connectivity index (χ1) is 8.90. The van der Waals surface area contributed by atoms with E-state index in [0.29, 0.717) is 0 Å². The number of sulfonamides is 1. The predicted molar refractivity (Wildman–Crippen MR) is 73.5 cm³/mol. The van der Waals surface area contributed by atoms with Crippen LogP contribution in [0.5, 0.6) is 0 Å². The number of hydrogen-bond donors (Lipinski definition) is 2. The molecule has 0 aliphatic heterocycles. The van der Waals surface area contributed by atoms with Crippen LogP contribution in [0.1, 0.15) is 10.4 Å². The molecule has 0 unspecified atom stereocenters. The number of carboxylic acids is 1. The number of benzene rings is 1. The van der Waals surface area contributed by atoms with E-state index in [4.69, 9.17) is 16.7 Å². The molecule has 5 nitrogen and oxygen atoms in total. The standard InChI is InChI=1S/C11H8ClNO4S2/c12-8-4-3-7(11(14)15)6-9(8)13-19(16,17)10-2-1-5-18-10/h1-6,13H,(H,14,15). The van der Waals surface area contributed by atoms with E-state index in [1.165, 1.54) is 24.3 Å². The quantitative estimate of drug-likeness (QED) is 0.908. The van der Waals surface area contributed by atoms with E-state index >= 15 is 0 Å². The maximum Gasteiger partial charge on any atom is 0.335 e. The zero-order valence-electron chi connectivity index (χ0n) is 9.33. The molecule has 0 fully saturated rings. The monoisotopic (exact) mass is 317 g/mol. The average molecular weight is 318 g/mol. The highest BCUT2D eigenvalue weighted by molar-refractivity contribution is 7.94. The molecular formula is C11H8ClNO4S2. The van der Waals surface area contributed by atoms with Crippen molar-refractivity contribution in [1.82, 2.24) is 0 Å². The Labute approximate surface area is 118 Å². The molecule has 0 spiro atoms. The molecule has 2 rings (SSSR count). The first-order valence-corrected chi connectivity index (χ1v) is 7.73. The van der Waals surface area contributed by atoms with Gasteiger partial charge in [0.2, 0.25) is 0 Å². The Morgan fingerprint density at radius 1 is 1.32 bits per heavy atom. The molecule has 19 heavy (non-hydrogen) atoms. The summed E-state index contributed by atoms with van der Waals surface area (Å²) in [4.78, 5) is 10.8. The number of rotatable bonds is 4. The van der Waals surface area contributed by atoms with Crippen molar-refractivity contribution in [2.24, 2.45) is 0 Å². The molecule has 1 aromatic heterocycles. The van der Waals surface area contributed by atoms with Crippen LogP contribution in [0.4, 0.5) is 5.69 Å². The second-order valence-electron chi connectivity index (χ2n) is 3.54. The lowest BCUT2D eigenvalue weighted by Gasteiger charge is -2.08. The molecule has 0 radical (unpaired) electrons. The zero-order chi connectivity index (χ0) is 14.0. The smallest absolute Gasteiger partial charge is 0.335 e. The minimum Gasteiger partial charge on any atom is -0.478 e. The van der Waals surface area contributed by atoms with Crippen LogP contribution < -0.4 is 4.72 Å². The van der Waals surface area contributed by atoms with Crippen LogP contribution in [-0.4, -0.2) is 19.5 Å². The fourth-order valence-electron chi connectivity index (χ4n) is 1.35. The molecule has 0 aliphatic rings. The zero-order valence-corrected chi connectivity index (χ0v) is 11.7. The summed E-state index contributed by atoms with van der Waals surface area (Å²) in [7, 11) is -3.74. The highest BCUT2D eigenvalue weighted by Gasteiger charge is 2.17. The molecule has 2 aromatic rings. The summed E-state index contributed by atoms with van der Waals surface area (Å²) in [5.74, 6) is -1.16. The van der Waals surface area contributed by atoms with Crippen molar-refractivity contribution in [3.8, 4) is 0 Å². The van der Waals surface area contributed by atoms with E-state index in [9.17, 15) is 13.2 Å². The molecule has 100 valence electrons. The first kappa shape index (κ1) is 13.9. The van der Waals surface area contributed by atoms with E-state index < -0.39 is 16.0 Å². The SMILES string of the molecule is O=C(O)c1ccc(Cl)c(NS(=O)(=O)c2cccs2)c1. The van der Waals surface area contributed by atoms with Crippen molar-refractivity contribution in [3.63, 3.8) is 0 Å². The Bertz CT molecular complexity index is 710. The molecule has 0 bridgehead atoms. The van der Waals surface area contributed by atoms with Crippen LogP contribution in [0.2, 0.25) is 5.02 Å². The number of carbonyl (C=O) groups is 1. The van der Waals surface area contributed by atoms with Gasteiger partial charge in [-0.25, -0.2) is 13.2 Å². The van der Waals surface area contributed by atoms with Crippen molar-refractivity contribution in [1.29, 1.82) is 0 Å². The third-order valence-electron chi connectivity index (χ3n) is 2.22. The number of carboxylic acid groups (broad SMARTS) is 1. The van der Waals surface area contributed by atoms with Gasteiger partial charge in [-0.3, -0.25) is 4.72 Å². The summed E-state index contributed by atoms with van der Waals surface area (Å²) in [5.41, 5.74) is -0.0109. The summed E-state index contributed by atoms with van der Waals surface area (Å²) >= 11 is 6.91. The van der Waals surface area contributed by atoms with Crippen molar-refractivity contribution < 1.29 is 18.3 Å². The minimum absolute atomic E-state index is 0.0370. The molecule has 1 heterocycles. The van der Waals surface area contributed by atoms with Gasteiger partial charge >= 0.3 is 5.97 Å². The van der Waals surface area contributed by atoms with Gasteiger partial charge in [0.1, 0.15) is 4.21 Å². The van der Waals surface area contributed by atoms with Gasteiger partial charge in [-0.15, -0.1) is 11.3 Å². The highest BCUT2D eigenvalue weighted by atomic mass is 35.5. The minimum atomic E-state index is -3.74. The second-order valence-corrected chi connectivity index (χ2v) is 6.80. The fraction of sp³-hybridized carbons (Fsp3) is 0. The van der Waals surface area contributed by atoms with Gasteiger partial charge in [0.15, 0.2) is 0 Å². The third kappa shape index (κ3) is 3.06. The Kier molecular flexibility index (Phi) is 3.79. The van der Waals surface area contributed by atoms with Crippen molar-refractivity contribution >= 4 is 44.6 Å². The maximum atomic E-state index is 12.0. The van der Waals surface area contributed by atoms with Crippen LogP contribution in [0.15, 0.2) is 39.9 Å². The van der Waals surface area contributed by atoms with Gasteiger partial charge in [-0.1, -0.05) is 17.7 Å². The van der Waals surface area contributed by atoms with E-state index in [2.05, 4.69) is 4.72 Å². The van der Waals surface area contributed by atoms with E-state index in [0.717, 1.165) is 11.3 Å². The highest BCUT2D eigenvalue weighted by Crippen LogP contribution is 2.27. The van der Waals surface area contributed by atoms with Crippen molar-refractivity contribution in [3.05, 3.63) is 46.3 Å². The van der Waals surface area contributed by atoms with Gasteiger partial charge < -0.3 is 5.11 Å². The van der Waals surface area contributed by atoms with Gasteiger partial charge in [0.25, 0.3) is 10.0 Å². The molecule has 0 saturated heterocycles. The summed E-state index contributed by atoms with van der Waals surface area (Å²) in [6.07, 6.45) is 0. The fourth-order valence-corrected chi connectivity index (χ4v) is 3.63. The topological polar surface area (TPSA) is 83.5 Å². The Hall–Kier alpha value is -1.57. The molecule has 2 N–H and O–H groups in total. The van der Waals surface area contributed by atoms with Crippen molar-refractivity contribution in [2.45, 2.75) is 4.21 Å². The molecule has 0 saturated carbocycles. The number of nitrogens with one attached hydrogen (secondary N) is 1. The van der Waals surface area contributed by atoms with Gasteiger partial charge in [-0.2, -0.15) is 0 Å². The molecule has 8 heteroatoms. The summed E-state index contributed by atoms with van der Waals surface area (Å²) in [5, 5.41) is 10.6. The number of anilines is 1. The predicted octanol–water partition coefficient (Wildman–Crippen LogP) is 2.90. The molecule has 0 aliphatic carbocycles. The maximum absolute atomic E-state index is 12.0. The second kappa shape index (κ2) is 5.20. The third-order valence-corrected chi connectivity index (χ3v) is 5.31. The lowest BCUT2D eigenvalue weighted by atomic mass is 10.2. The lowest BCUT2D eigenvalue weighted by Crippen LogP contribution is -2.12. The Balaban J connectivity index is 2.39. The number of thiophene rings is 1. The van der Waals surface area contributed by atoms with E-state index in [1.54, 1.807) is 11.4 Å². The lowest BCUT2D eigenvalue weighted by molar-refractivity contribution is 0.0697. The van der Waals surface area contributed by atoms with Gasteiger partial charge in [-0.05, 0) is 29.6 Å². The van der Waals surface area contributed by atoms with Crippen LogP contribution in [0, 0.1) is 0 Å². The van der Waals surface area contributed by atoms with E-state index in [-0.39, 0.29) is 20.5 Å². The average Bonchev–Trinajstić information content (AvgIpc) is 2.85. The Morgan fingerprint density at radius 3 is 2.63 bits per heavy atom. The number of hydrogen-bond acceptors (Lipinski definition) is 4. The number of halogens is 1. The van der Waals surface area contributed by atoms with Gasteiger partial charge in [0.05, 0.1) is 16.3 Å². The normalized spacial score (nSPS) is 11.2.